The average Bonchev–Trinajstić information content (AvgIpc) is 2.96. The fourth-order valence-electron chi connectivity index (χ4n) is 1.91. The van der Waals surface area contributed by atoms with Gasteiger partial charge in [-0.1, -0.05) is 0 Å². The van der Waals surface area contributed by atoms with E-state index >= 15 is 0 Å². The van der Waals surface area contributed by atoms with Crippen LogP contribution in [0.15, 0.2) is 30.5 Å². The molecule has 0 saturated heterocycles. The number of carbonyl (C=O) groups excluding carboxylic acids is 1. The zero-order valence-corrected chi connectivity index (χ0v) is 14.2. The zero-order chi connectivity index (χ0) is 19.1. The van der Waals surface area contributed by atoms with Crippen LogP contribution in [0, 0.1) is 6.92 Å². The van der Waals surface area contributed by atoms with Crippen LogP contribution < -0.4 is 14.8 Å². The number of benzene rings is 1. The lowest BCUT2D eigenvalue weighted by Crippen LogP contribution is -2.19. The molecule has 0 saturated carbocycles. The summed E-state index contributed by atoms with van der Waals surface area (Å²) in [7, 11) is 0. The summed E-state index contributed by atoms with van der Waals surface area (Å²) in [5, 5.41) is 3.48. The second kappa shape index (κ2) is 9.18. The summed E-state index contributed by atoms with van der Waals surface area (Å²) >= 11 is 1.43. The third-order valence-corrected chi connectivity index (χ3v) is 3.86. The van der Waals surface area contributed by atoms with Crippen molar-refractivity contribution in [1.29, 1.82) is 0 Å². The van der Waals surface area contributed by atoms with Crippen LogP contribution in [0.1, 0.15) is 15.4 Å². The minimum Gasteiger partial charge on any atom is -0.435 e. The van der Waals surface area contributed by atoms with Crippen LogP contribution in [0.2, 0.25) is 0 Å². The van der Waals surface area contributed by atoms with E-state index in [4.69, 9.17) is 0 Å². The van der Waals surface area contributed by atoms with Gasteiger partial charge in [-0.05, 0) is 25.1 Å². The molecule has 1 aromatic carbocycles. The van der Waals surface area contributed by atoms with Crippen LogP contribution in [0.4, 0.5) is 17.6 Å². The molecule has 0 atom stereocenters. The number of halogens is 4. The topological polar surface area (TPSA) is 60.5 Å². The fraction of sp³-hybridized carbons (Fsp3) is 0.250. The van der Waals surface area contributed by atoms with E-state index < -0.39 is 19.1 Å². The molecule has 1 aromatic heterocycles. The van der Waals surface area contributed by atoms with E-state index in [0.717, 1.165) is 28.1 Å². The summed E-state index contributed by atoms with van der Waals surface area (Å²) in [5.74, 6) is -1.19. The Balaban J connectivity index is 2.05. The molecular weight excluding hydrogens is 376 g/mol. The maximum absolute atomic E-state index is 12.5. The molecular formula is C16H14F4N2O3S. The molecule has 0 bridgehead atoms. The van der Waals surface area contributed by atoms with Crippen LogP contribution in [0.25, 0.3) is 6.08 Å². The van der Waals surface area contributed by atoms with Gasteiger partial charge in [-0.25, -0.2) is 4.98 Å². The van der Waals surface area contributed by atoms with E-state index in [2.05, 4.69) is 19.8 Å². The molecule has 0 fully saturated rings. The number of amides is 1. The number of thiazole rings is 1. The molecule has 10 heteroatoms. The molecule has 0 radical (unpaired) electrons. The Hall–Kier alpha value is -2.62. The molecule has 1 heterocycles. The molecule has 1 amide bonds. The minimum absolute atomic E-state index is 0.107. The van der Waals surface area contributed by atoms with Gasteiger partial charge in [0.05, 0.1) is 11.6 Å². The Labute approximate surface area is 150 Å². The van der Waals surface area contributed by atoms with Crippen molar-refractivity contribution in [2.75, 3.05) is 0 Å². The standard InChI is InChI=1S/C16H14F4N2O3S/c1-9-21-7-12(26-9)8-22-14(23)5-3-10-2-4-11(24-15(17)18)6-13(10)25-16(19)20/h2-7,15-16H,8H2,1H3,(H,22,23). The molecule has 0 spiro atoms. The summed E-state index contributed by atoms with van der Waals surface area (Å²) in [6.45, 7) is -4.15. The molecule has 2 rings (SSSR count). The van der Waals surface area contributed by atoms with Gasteiger partial charge < -0.3 is 14.8 Å². The summed E-state index contributed by atoms with van der Waals surface area (Å²) in [6.07, 6.45) is 3.99. The van der Waals surface area contributed by atoms with E-state index in [1.54, 1.807) is 6.20 Å². The molecule has 2 aromatic rings. The summed E-state index contributed by atoms with van der Waals surface area (Å²) in [4.78, 5) is 16.7. The van der Waals surface area contributed by atoms with Crippen LogP contribution in [0.3, 0.4) is 0 Å². The van der Waals surface area contributed by atoms with Crippen LogP contribution in [-0.4, -0.2) is 24.1 Å². The van der Waals surface area contributed by atoms with Crippen molar-refractivity contribution in [2.24, 2.45) is 0 Å². The number of nitrogens with one attached hydrogen (secondary N) is 1. The molecule has 0 aliphatic heterocycles. The summed E-state index contributed by atoms with van der Waals surface area (Å²) < 4.78 is 57.8. The smallest absolute Gasteiger partial charge is 0.387 e. The van der Waals surface area contributed by atoms with Gasteiger partial charge in [0.1, 0.15) is 11.5 Å². The van der Waals surface area contributed by atoms with E-state index in [1.807, 2.05) is 6.92 Å². The highest BCUT2D eigenvalue weighted by Crippen LogP contribution is 2.28. The maximum atomic E-state index is 12.5. The molecule has 0 unspecified atom stereocenters. The van der Waals surface area contributed by atoms with Crippen molar-refractivity contribution in [3.8, 4) is 11.5 Å². The number of hydrogen-bond acceptors (Lipinski definition) is 5. The summed E-state index contributed by atoms with van der Waals surface area (Å²) in [6, 6.07) is 3.28. The lowest BCUT2D eigenvalue weighted by atomic mass is 10.1. The number of hydrogen-bond donors (Lipinski definition) is 1. The molecule has 0 aliphatic carbocycles. The fourth-order valence-corrected chi connectivity index (χ4v) is 2.65. The van der Waals surface area contributed by atoms with Crippen LogP contribution in [0.5, 0.6) is 11.5 Å². The van der Waals surface area contributed by atoms with Gasteiger partial charge in [-0.3, -0.25) is 4.79 Å². The first kappa shape index (κ1) is 19.7. The van der Waals surface area contributed by atoms with Gasteiger partial charge in [0.2, 0.25) is 5.91 Å². The first-order valence-electron chi connectivity index (χ1n) is 7.24. The minimum atomic E-state index is -3.16. The molecule has 0 aliphatic rings. The number of ether oxygens (including phenoxy) is 2. The van der Waals surface area contributed by atoms with Crippen molar-refractivity contribution < 1.29 is 31.8 Å². The highest BCUT2D eigenvalue weighted by Gasteiger charge is 2.12. The Bertz CT molecular complexity index is 781. The SMILES string of the molecule is Cc1ncc(CNC(=O)C=Cc2ccc(OC(F)F)cc2OC(F)F)s1. The van der Waals surface area contributed by atoms with Crippen LogP contribution in [-0.2, 0) is 11.3 Å². The van der Waals surface area contributed by atoms with Crippen molar-refractivity contribution >= 4 is 23.3 Å². The Morgan fingerprint density at radius 2 is 2.00 bits per heavy atom. The van der Waals surface area contributed by atoms with Gasteiger partial charge in [0, 0.05) is 28.8 Å². The second-order valence-corrected chi connectivity index (χ2v) is 6.17. The van der Waals surface area contributed by atoms with Crippen LogP contribution >= 0.6 is 11.3 Å². The predicted molar refractivity (Wildman–Crippen MR) is 87.4 cm³/mol. The molecule has 26 heavy (non-hydrogen) atoms. The van der Waals surface area contributed by atoms with E-state index in [1.165, 1.54) is 23.5 Å². The van der Waals surface area contributed by atoms with Gasteiger partial charge in [0.25, 0.3) is 0 Å². The maximum Gasteiger partial charge on any atom is 0.387 e. The number of aromatic nitrogens is 1. The predicted octanol–water partition coefficient (Wildman–Crippen LogP) is 3.98. The quantitative estimate of drug-likeness (QED) is 0.547. The number of alkyl halides is 4. The Kier molecular flexibility index (Phi) is 6.96. The molecule has 1 N–H and O–H groups in total. The number of nitrogens with zero attached hydrogens (tertiary/aromatic N) is 1. The Morgan fingerprint density at radius 3 is 2.62 bits per heavy atom. The van der Waals surface area contributed by atoms with Crippen molar-refractivity contribution in [3.63, 3.8) is 0 Å². The number of carbonyl (C=O) groups is 1. The normalized spacial score (nSPS) is 11.3. The lowest BCUT2D eigenvalue weighted by molar-refractivity contribution is -0.116. The van der Waals surface area contributed by atoms with Gasteiger partial charge >= 0.3 is 13.2 Å². The average molecular weight is 390 g/mol. The monoisotopic (exact) mass is 390 g/mol. The molecule has 5 nitrogen and oxygen atoms in total. The molecule has 140 valence electrons. The van der Waals surface area contributed by atoms with Crippen molar-refractivity contribution in [3.05, 3.63) is 45.9 Å². The number of rotatable bonds is 8. The first-order valence-corrected chi connectivity index (χ1v) is 8.06. The Morgan fingerprint density at radius 1 is 1.27 bits per heavy atom. The third-order valence-electron chi connectivity index (χ3n) is 2.95. The van der Waals surface area contributed by atoms with E-state index in [-0.39, 0.29) is 23.6 Å². The third kappa shape index (κ3) is 6.36. The largest absolute Gasteiger partial charge is 0.435 e. The zero-order valence-electron chi connectivity index (χ0n) is 13.4. The van der Waals surface area contributed by atoms with Gasteiger partial charge in [-0.15, -0.1) is 11.3 Å². The van der Waals surface area contributed by atoms with Gasteiger partial charge in [0.15, 0.2) is 0 Å². The highest BCUT2D eigenvalue weighted by atomic mass is 32.1. The van der Waals surface area contributed by atoms with E-state index in [9.17, 15) is 22.4 Å². The highest BCUT2D eigenvalue weighted by molar-refractivity contribution is 7.11. The van der Waals surface area contributed by atoms with Crippen molar-refractivity contribution in [1.82, 2.24) is 10.3 Å². The van der Waals surface area contributed by atoms with E-state index in [0.29, 0.717) is 0 Å². The van der Waals surface area contributed by atoms with Crippen molar-refractivity contribution in [2.45, 2.75) is 26.7 Å². The van der Waals surface area contributed by atoms with Gasteiger partial charge in [-0.2, -0.15) is 17.6 Å². The lowest BCUT2D eigenvalue weighted by Gasteiger charge is -2.11. The second-order valence-electron chi connectivity index (χ2n) is 4.85. The first-order chi connectivity index (χ1) is 12.3. The summed E-state index contributed by atoms with van der Waals surface area (Å²) in [5.41, 5.74) is 0.107. The number of aryl methyl sites for hydroxylation is 1.